The number of carbonyl (C=O) groups excluding carboxylic acids is 1. The fourth-order valence-electron chi connectivity index (χ4n) is 1.22. The first-order valence-electron chi connectivity index (χ1n) is 4.76. The van der Waals surface area contributed by atoms with Gasteiger partial charge < -0.3 is 9.64 Å². The molecule has 0 radical (unpaired) electrons. The molecule has 0 aromatic heterocycles. The number of carbonyl (C=O) groups is 1. The largest absolute Gasteiger partial charge is 0.453 e. The molecule has 0 heterocycles. The van der Waals surface area contributed by atoms with E-state index in [4.69, 9.17) is 0 Å². The maximum atomic E-state index is 11.1. The predicted octanol–water partition coefficient (Wildman–Crippen LogP) is 1.84. The lowest BCUT2D eigenvalue weighted by Gasteiger charge is -2.13. The van der Waals surface area contributed by atoms with Crippen LogP contribution in [-0.2, 0) is 4.74 Å². The summed E-state index contributed by atoms with van der Waals surface area (Å²) >= 11 is 0. The number of nitro benzene ring substituents is 1. The summed E-state index contributed by atoms with van der Waals surface area (Å²) in [6, 6.07) is 4.44. The van der Waals surface area contributed by atoms with Crippen LogP contribution >= 0.6 is 0 Å². The van der Waals surface area contributed by atoms with E-state index in [0.29, 0.717) is 0 Å². The van der Waals surface area contributed by atoms with Crippen LogP contribution < -0.4 is 10.2 Å². The highest BCUT2D eigenvalue weighted by molar-refractivity contribution is 5.88. The van der Waals surface area contributed by atoms with Crippen molar-refractivity contribution in [2.75, 3.05) is 31.4 Å². The van der Waals surface area contributed by atoms with Crippen molar-refractivity contribution in [3.8, 4) is 0 Å². The summed E-state index contributed by atoms with van der Waals surface area (Å²) in [5.74, 6) is 0. The van der Waals surface area contributed by atoms with Gasteiger partial charge in [0.05, 0.1) is 12.0 Å². The molecule has 0 saturated heterocycles. The lowest BCUT2D eigenvalue weighted by Crippen LogP contribution is -2.14. The van der Waals surface area contributed by atoms with Crippen molar-refractivity contribution in [3.05, 3.63) is 28.3 Å². The van der Waals surface area contributed by atoms with Crippen LogP contribution in [0.1, 0.15) is 0 Å². The lowest BCUT2D eigenvalue weighted by atomic mass is 10.2. The van der Waals surface area contributed by atoms with Gasteiger partial charge in [0.15, 0.2) is 0 Å². The first-order chi connectivity index (χ1) is 7.95. The van der Waals surface area contributed by atoms with Crippen molar-refractivity contribution in [2.45, 2.75) is 0 Å². The lowest BCUT2D eigenvalue weighted by molar-refractivity contribution is -0.383. The van der Waals surface area contributed by atoms with Gasteiger partial charge in [-0.2, -0.15) is 0 Å². The van der Waals surface area contributed by atoms with Crippen LogP contribution in [0.15, 0.2) is 18.2 Å². The van der Waals surface area contributed by atoms with Crippen molar-refractivity contribution in [2.24, 2.45) is 0 Å². The minimum absolute atomic E-state index is 0.105. The summed E-state index contributed by atoms with van der Waals surface area (Å²) in [6.45, 7) is 0. The third kappa shape index (κ3) is 3.07. The van der Waals surface area contributed by atoms with Gasteiger partial charge in [-0.1, -0.05) is 0 Å². The van der Waals surface area contributed by atoms with Crippen molar-refractivity contribution in [3.63, 3.8) is 0 Å². The molecule has 0 aliphatic carbocycles. The van der Waals surface area contributed by atoms with Gasteiger partial charge in [0.1, 0.15) is 5.69 Å². The standard InChI is InChI=1S/C10H13N3O4/c1-12(2)7-4-5-9(13(15)16)8(6-7)11-10(14)17-3/h4-6H,1-3H3,(H,11,14). The van der Waals surface area contributed by atoms with Gasteiger partial charge in [0, 0.05) is 25.8 Å². The number of ether oxygens (including phenoxy) is 1. The molecule has 0 spiro atoms. The van der Waals surface area contributed by atoms with E-state index in [1.807, 2.05) is 0 Å². The highest BCUT2D eigenvalue weighted by Crippen LogP contribution is 2.28. The van der Waals surface area contributed by atoms with Gasteiger partial charge in [-0.15, -0.1) is 0 Å². The molecular formula is C10H13N3O4. The van der Waals surface area contributed by atoms with Gasteiger partial charge in [0.2, 0.25) is 0 Å². The van der Waals surface area contributed by atoms with Gasteiger partial charge >= 0.3 is 6.09 Å². The summed E-state index contributed by atoms with van der Waals surface area (Å²) in [5, 5.41) is 13.1. The zero-order valence-electron chi connectivity index (χ0n) is 9.76. The smallest absolute Gasteiger partial charge is 0.411 e. The second-order valence-electron chi connectivity index (χ2n) is 3.47. The van der Waals surface area contributed by atoms with E-state index in [1.54, 1.807) is 25.1 Å². The minimum Gasteiger partial charge on any atom is -0.453 e. The molecule has 7 heteroatoms. The number of amides is 1. The summed E-state index contributed by atoms with van der Waals surface area (Å²) in [4.78, 5) is 23.0. The zero-order chi connectivity index (χ0) is 13.0. The molecule has 7 nitrogen and oxygen atoms in total. The Bertz CT molecular complexity index is 445. The van der Waals surface area contributed by atoms with Crippen LogP contribution in [0.4, 0.5) is 21.9 Å². The number of rotatable bonds is 3. The van der Waals surface area contributed by atoms with Crippen LogP contribution in [-0.4, -0.2) is 32.2 Å². The molecule has 1 aromatic carbocycles. The first kappa shape index (κ1) is 12.8. The zero-order valence-corrected chi connectivity index (χ0v) is 9.76. The van der Waals surface area contributed by atoms with E-state index in [9.17, 15) is 14.9 Å². The van der Waals surface area contributed by atoms with Crippen LogP contribution in [0.2, 0.25) is 0 Å². The Labute approximate surface area is 98.1 Å². The van der Waals surface area contributed by atoms with E-state index in [0.717, 1.165) is 5.69 Å². The highest BCUT2D eigenvalue weighted by Gasteiger charge is 2.17. The Hall–Kier alpha value is -2.31. The predicted molar refractivity (Wildman–Crippen MR) is 63.5 cm³/mol. The molecule has 92 valence electrons. The topological polar surface area (TPSA) is 84.7 Å². The van der Waals surface area contributed by atoms with E-state index in [-0.39, 0.29) is 11.4 Å². The molecule has 0 saturated carbocycles. The van der Waals surface area contributed by atoms with Gasteiger partial charge in [0.25, 0.3) is 5.69 Å². The minimum atomic E-state index is -0.746. The van der Waals surface area contributed by atoms with Gasteiger partial charge in [-0.05, 0) is 12.1 Å². The molecule has 1 amide bonds. The average molecular weight is 239 g/mol. The third-order valence-electron chi connectivity index (χ3n) is 2.12. The number of methoxy groups -OCH3 is 1. The number of nitro groups is 1. The number of nitrogens with zero attached hydrogens (tertiary/aromatic N) is 2. The number of hydrogen-bond donors (Lipinski definition) is 1. The molecule has 0 aliphatic rings. The summed E-state index contributed by atoms with van der Waals surface area (Å²) < 4.78 is 4.40. The van der Waals surface area contributed by atoms with Crippen molar-refractivity contribution in [1.82, 2.24) is 0 Å². The fourth-order valence-corrected chi connectivity index (χ4v) is 1.22. The first-order valence-corrected chi connectivity index (χ1v) is 4.76. The third-order valence-corrected chi connectivity index (χ3v) is 2.12. The average Bonchev–Trinajstić information content (AvgIpc) is 2.28. The van der Waals surface area contributed by atoms with Crippen molar-refractivity contribution < 1.29 is 14.5 Å². The molecule has 1 aromatic rings. The Balaban J connectivity index is 3.15. The van der Waals surface area contributed by atoms with E-state index < -0.39 is 11.0 Å². The van der Waals surface area contributed by atoms with Crippen molar-refractivity contribution >= 4 is 23.2 Å². The van der Waals surface area contributed by atoms with Crippen LogP contribution in [0.5, 0.6) is 0 Å². The Kier molecular flexibility index (Phi) is 3.86. The molecular weight excluding hydrogens is 226 g/mol. The number of nitrogens with one attached hydrogen (secondary N) is 1. The van der Waals surface area contributed by atoms with E-state index >= 15 is 0 Å². The summed E-state index contributed by atoms with van der Waals surface area (Å²) in [5.41, 5.74) is 0.663. The Morgan fingerprint density at radius 1 is 1.47 bits per heavy atom. The maximum Gasteiger partial charge on any atom is 0.411 e. The fraction of sp³-hybridized carbons (Fsp3) is 0.300. The van der Waals surface area contributed by atoms with Crippen molar-refractivity contribution in [1.29, 1.82) is 0 Å². The number of anilines is 2. The number of hydrogen-bond acceptors (Lipinski definition) is 5. The second-order valence-corrected chi connectivity index (χ2v) is 3.47. The molecule has 0 fully saturated rings. The SMILES string of the molecule is COC(=O)Nc1cc(N(C)C)ccc1[N+](=O)[O-]. The normalized spacial score (nSPS) is 9.59. The summed E-state index contributed by atoms with van der Waals surface area (Å²) in [7, 11) is 4.78. The quantitative estimate of drug-likeness (QED) is 0.642. The van der Waals surface area contributed by atoms with Crippen LogP contribution in [0, 0.1) is 10.1 Å². The van der Waals surface area contributed by atoms with Gasteiger partial charge in [-0.25, -0.2) is 4.79 Å². The summed E-state index contributed by atoms with van der Waals surface area (Å²) in [6.07, 6.45) is -0.746. The molecule has 1 rings (SSSR count). The van der Waals surface area contributed by atoms with E-state index in [2.05, 4.69) is 10.1 Å². The monoisotopic (exact) mass is 239 g/mol. The number of benzene rings is 1. The Morgan fingerprint density at radius 2 is 2.12 bits per heavy atom. The maximum absolute atomic E-state index is 11.1. The van der Waals surface area contributed by atoms with E-state index in [1.165, 1.54) is 19.2 Å². The molecule has 0 aliphatic heterocycles. The molecule has 0 atom stereocenters. The molecule has 0 bridgehead atoms. The van der Waals surface area contributed by atoms with Crippen LogP contribution in [0.3, 0.4) is 0 Å². The van der Waals surface area contributed by atoms with Gasteiger partial charge in [-0.3, -0.25) is 15.4 Å². The second kappa shape index (κ2) is 5.15. The highest BCUT2D eigenvalue weighted by atomic mass is 16.6. The molecule has 0 unspecified atom stereocenters. The molecule has 17 heavy (non-hydrogen) atoms. The Morgan fingerprint density at radius 3 is 2.59 bits per heavy atom. The van der Waals surface area contributed by atoms with Crippen LogP contribution in [0.25, 0.3) is 0 Å². The molecule has 1 N–H and O–H groups in total.